The van der Waals surface area contributed by atoms with Gasteiger partial charge in [0.05, 0.1) is 10.6 Å². The molecule has 20 heavy (non-hydrogen) atoms. The van der Waals surface area contributed by atoms with Crippen LogP contribution in [0.4, 0.5) is 5.69 Å². The molecule has 2 rings (SSSR count). The van der Waals surface area contributed by atoms with Crippen LogP contribution >= 0.6 is 0 Å². The number of aryl methyl sites for hydroxylation is 2. The Hall–Kier alpha value is -2.25. The van der Waals surface area contributed by atoms with Gasteiger partial charge in [0.25, 0.3) is 10.0 Å². The second-order valence-corrected chi connectivity index (χ2v) is 6.33. The first-order valence-electron chi connectivity index (χ1n) is 6.10. The fourth-order valence-electron chi connectivity index (χ4n) is 1.78. The minimum atomic E-state index is -3.74. The summed E-state index contributed by atoms with van der Waals surface area (Å²) in [6.07, 6.45) is 5.39. The highest BCUT2D eigenvalue weighted by Crippen LogP contribution is 2.23. The Morgan fingerprint density at radius 2 is 1.35 bits per heavy atom. The lowest BCUT2D eigenvalue weighted by Crippen LogP contribution is -2.25. The molecule has 4 heteroatoms. The van der Waals surface area contributed by atoms with Crippen LogP contribution in [0.25, 0.3) is 0 Å². The number of hydrogen-bond acceptors (Lipinski definition) is 2. The smallest absolute Gasteiger partial charge is 0.200 e. The standard InChI is InChI=1S/C16H15NO2S/c1-4-17(15-9-5-13(2)6-10-15)20(18,19)16-11-7-14(3)8-12-16/h1,5-12H,2-3H3. The third-order valence-electron chi connectivity index (χ3n) is 2.94. The molecule has 3 nitrogen and oxygen atoms in total. The van der Waals surface area contributed by atoms with E-state index in [9.17, 15) is 8.42 Å². The molecule has 2 aromatic carbocycles. The number of hydrogen-bond donors (Lipinski definition) is 0. The highest BCUT2D eigenvalue weighted by Gasteiger charge is 2.23. The summed E-state index contributed by atoms with van der Waals surface area (Å²) in [6, 6.07) is 15.9. The monoisotopic (exact) mass is 285 g/mol. The van der Waals surface area contributed by atoms with Crippen molar-refractivity contribution in [3.8, 4) is 12.5 Å². The lowest BCUT2D eigenvalue weighted by atomic mass is 10.2. The maximum atomic E-state index is 12.5. The lowest BCUT2D eigenvalue weighted by molar-refractivity contribution is 0.596. The Bertz CT molecular complexity index is 739. The Labute approximate surface area is 119 Å². The van der Waals surface area contributed by atoms with Crippen LogP contribution in [0.15, 0.2) is 53.4 Å². The number of rotatable bonds is 3. The average Bonchev–Trinajstić information content (AvgIpc) is 2.42. The minimum absolute atomic E-state index is 0.182. The van der Waals surface area contributed by atoms with Crippen LogP contribution in [-0.4, -0.2) is 8.42 Å². The summed E-state index contributed by atoms with van der Waals surface area (Å²) in [5.41, 5.74) is 2.49. The lowest BCUT2D eigenvalue weighted by Gasteiger charge is -2.18. The van der Waals surface area contributed by atoms with E-state index in [1.807, 2.05) is 26.0 Å². The molecule has 0 aromatic heterocycles. The zero-order valence-electron chi connectivity index (χ0n) is 11.4. The summed E-state index contributed by atoms with van der Waals surface area (Å²) >= 11 is 0. The van der Waals surface area contributed by atoms with Crippen LogP contribution in [0, 0.1) is 26.3 Å². The summed E-state index contributed by atoms with van der Waals surface area (Å²) in [5.74, 6) is 0. The van der Waals surface area contributed by atoms with E-state index in [-0.39, 0.29) is 4.90 Å². The molecule has 0 fully saturated rings. The fourth-order valence-corrected chi connectivity index (χ4v) is 3.01. The topological polar surface area (TPSA) is 37.4 Å². The third-order valence-corrected chi connectivity index (χ3v) is 4.61. The van der Waals surface area contributed by atoms with Gasteiger partial charge in [-0.3, -0.25) is 0 Å². The van der Waals surface area contributed by atoms with Crippen molar-refractivity contribution in [2.75, 3.05) is 4.31 Å². The Morgan fingerprint density at radius 3 is 1.80 bits per heavy atom. The van der Waals surface area contributed by atoms with Gasteiger partial charge in [-0.2, -0.15) is 4.31 Å². The van der Waals surface area contributed by atoms with Crippen molar-refractivity contribution >= 4 is 15.7 Å². The molecule has 0 unspecified atom stereocenters. The van der Waals surface area contributed by atoms with Crippen molar-refractivity contribution in [1.82, 2.24) is 0 Å². The molecule has 0 radical (unpaired) electrons. The summed E-state index contributed by atoms with van der Waals surface area (Å²) in [4.78, 5) is 0.182. The average molecular weight is 285 g/mol. The maximum Gasteiger partial charge on any atom is 0.275 e. The van der Waals surface area contributed by atoms with Crippen LogP contribution in [0.3, 0.4) is 0 Å². The molecule has 0 atom stereocenters. The molecule has 0 saturated heterocycles. The Morgan fingerprint density at radius 1 is 0.900 bits per heavy atom. The van der Waals surface area contributed by atoms with Crippen LogP contribution in [0.1, 0.15) is 11.1 Å². The Balaban J connectivity index is 2.48. The van der Waals surface area contributed by atoms with Gasteiger partial charge in [-0.1, -0.05) is 41.8 Å². The maximum absolute atomic E-state index is 12.5. The highest BCUT2D eigenvalue weighted by molar-refractivity contribution is 7.93. The molecule has 0 N–H and O–H groups in total. The van der Waals surface area contributed by atoms with E-state index >= 15 is 0 Å². The normalized spacial score (nSPS) is 10.8. The molecule has 0 amide bonds. The van der Waals surface area contributed by atoms with Gasteiger partial charge in [0.2, 0.25) is 0 Å². The molecule has 0 aliphatic rings. The summed E-state index contributed by atoms with van der Waals surface area (Å²) < 4.78 is 26.0. The van der Waals surface area contributed by atoms with E-state index in [1.54, 1.807) is 36.4 Å². The van der Waals surface area contributed by atoms with Gasteiger partial charge in [-0.15, -0.1) is 0 Å². The van der Waals surface area contributed by atoms with Gasteiger partial charge in [-0.25, -0.2) is 8.42 Å². The van der Waals surface area contributed by atoms with Crippen molar-refractivity contribution < 1.29 is 8.42 Å². The zero-order chi connectivity index (χ0) is 14.8. The van der Waals surface area contributed by atoms with Gasteiger partial charge in [0.1, 0.15) is 0 Å². The van der Waals surface area contributed by atoms with Crippen molar-refractivity contribution in [2.24, 2.45) is 0 Å². The number of sulfonamides is 1. The highest BCUT2D eigenvalue weighted by atomic mass is 32.2. The molecule has 0 spiro atoms. The van der Waals surface area contributed by atoms with Crippen molar-refractivity contribution in [3.05, 3.63) is 59.7 Å². The second kappa shape index (κ2) is 5.40. The summed E-state index contributed by atoms with van der Waals surface area (Å²) in [7, 11) is -3.74. The van der Waals surface area contributed by atoms with Crippen LogP contribution in [0.2, 0.25) is 0 Å². The second-order valence-electron chi connectivity index (χ2n) is 4.55. The SMILES string of the molecule is C#CN(c1ccc(C)cc1)S(=O)(=O)c1ccc(C)cc1. The first-order chi connectivity index (χ1) is 9.45. The summed E-state index contributed by atoms with van der Waals surface area (Å²) in [6.45, 7) is 3.83. The minimum Gasteiger partial charge on any atom is -0.200 e. The van der Waals surface area contributed by atoms with Crippen molar-refractivity contribution in [1.29, 1.82) is 0 Å². The first kappa shape index (κ1) is 14.2. The number of benzene rings is 2. The van der Waals surface area contributed by atoms with Gasteiger partial charge >= 0.3 is 0 Å². The van der Waals surface area contributed by atoms with E-state index in [0.29, 0.717) is 5.69 Å². The predicted molar refractivity (Wildman–Crippen MR) is 80.9 cm³/mol. The van der Waals surface area contributed by atoms with Crippen LogP contribution in [0.5, 0.6) is 0 Å². The fraction of sp³-hybridized carbons (Fsp3) is 0.125. The van der Waals surface area contributed by atoms with E-state index < -0.39 is 10.0 Å². The molecule has 2 aromatic rings. The molecule has 0 heterocycles. The Kier molecular flexibility index (Phi) is 3.82. The molecular weight excluding hydrogens is 270 g/mol. The quantitative estimate of drug-likeness (QED) is 0.642. The van der Waals surface area contributed by atoms with E-state index in [0.717, 1.165) is 15.4 Å². The zero-order valence-corrected chi connectivity index (χ0v) is 12.2. The van der Waals surface area contributed by atoms with E-state index in [2.05, 4.69) is 6.04 Å². The van der Waals surface area contributed by atoms with Gasteiger partial charge in [0, 0.05) is 6.04 Å². The largest absolute Gasteiger partial charge is 0.275 e. The molecule has 0 bridgehead atoms. The predicted octanol–water partition coefficient (Wildman–Crippen LogP) is 3.09. The van der Waals surface area contributed by atoms with Gasteiger partial charge in [-0.05, 0) is 38.1 Å². The molecule has 102 valence electrons. The molecule has 0 aliphatic heterocycles. The summed E-state index contributed by atoms with van der Waals surface area (Å²) in [5, 5.41) is 0. The van der Waals surface area contributed by atoms with Crippen molar-refractivity contribution in [3.63, 3.8) is 0 Å². The van der Waals surface area contributed by atoms with Crippen LogP contribution in [-0.2, 0) is 10.0 Å². The van der Waals surface area contributed by atoms with Crippen LogP contribution < -0.4 is 4.31 Å². The molecule has 0 aliphatic carbocycles. The first-order valence-corrected chi connectivity index (χ1v) is 7.54. The number of nitrogens with zero attached hydrogens (tertiary/aromatic N) is 1. The van der Waals surface area contributed by atoms with Gasteiger partial charge < -0.3 is 0 Å². The third kappa shape index (κ3) is 2.68. The van der Waals surface area contributed by atoms with E-state index in [4.69, 9.17) is 6.42 Å². The molecular formula is C16H15NO2S. The van der Waals surface area contributed by atoms with Crippen molar-refractivity contribution in [2.45, 2.75) is 18.7 Å². The number of anilines is 1. The molecule has 0 saturated carbocycles. The van der Waals surface area contributed by atoms with Gasteiger partial charge in [0.15, 0.2) is 0 Å². The van der Waals surface area contributed by atoms with E-state index in [1.165, 1.54) is 0 Å². The number of terminal acetylenes is 1.